The summed E-state index contributed by atoms with van der Waals surface area (Å²) in [6.45, 7) is 6.83. The molecule has 0 saturated carbocycles. The fraction of sp³-hybridized carbons (Fsp3) is 0.474. The molecule has 1 N–H and O–H groups in total. The van der Waals surface area contributed by atoms with Crippen molar-refractivity contribution in [2.45, 2.75) is 40.0 Å². The number of rotatable bonds is 4. The quantitative estimate of drug-likeness (QED) is 0.817. The highest BCUT2D eigenvalue weighted by atomic mass is 35.5. The summed E-state index contributed by atoms with van der Waals surface area (Å²) in [6.07, 6.45) is 3.20. The third kappa shape index (κ3) is 4.73. The maximum Gasteiger partial charge on any atom is 0.264 e. The fourth-order valence-corrected chi connectivity index (χ4v) is 4.23. The minimum Gasteiger partial charge on any atom is -0.484 e. The Morgan fingerprint density at radius 3 is 2.76 bits per heavy atom. The molecule has 1 aliphatic carbocycles. The number of amides is 1. The number of halogens is 1. The largest absolute Gasteiger partial charge is 0.484 e. The van der Waals surface area contributed by atoms with Gasteiger partial charge in [-0.2, -0.15) is 0 Å². The second-order valence-electron chi connectivity index (χ2n) is 7.49. The van der Waals surface area contributed by atoms with Crippen LogP contribution in [0.2, 0.25) is 5.02 Å². The van der Waals surface area contributed by atoms with Crippen LogP contribution >= 0.6 is 22.9 Å². The molecule has 1 aromatic carbocycles. The molecule has 134 valence electrons. The summed E-state index contributed by atoms with van der Waals surface area (Å²) in [4.78, 5) is 18.0. The number of thiazole rings is 1. The van der Waals surface area contributed by atoms with Gasteiger partial charge in [0, 0.05) is 9.90 Å². The molecule has 25 heavy (non-hydrogen) atoms. The summed E-state index contributed by atoms with van der Waals surface area (Å²) in [5.41, 5.74) is 1.44. The summed E-state index contributed by atoms with van der Waals surface area (Å²) in [5, 5.41) is 4.16. The third-order valence-electron chi connectivity index (χ3n) is 4.59. The van der Waals surface area contributed by atoms with Gasteiger partial charge in [0.15, 0.2) is 11.7 Å². The lowest BCUT2D eigenvalue weighted by molar-refractivity contribution is -0.118. The average Bonchev–Trinajstić information content (AvgIpc) is 2.94. The van der Waals surface area contributed by atoms with Crippen molar-refractivity contribution >= 4 is 34.0 Å². The zero-order chi connectivity index (χ0) is 18.0. The lowest BCUT2D eigenvalue weighted by atomic mass is 9.73. The van der Waals surface area contributed by atoms with Crippen LogP contribution in [0.3, 0.4) is 0 Å². The molecule has 1 atom stereocenters. The molecule has 3 rings (SSSR count). The molecule has 0 spiro atoms. The fourth-order valence-electron chi connectivity index (χ4n) is 3.00. The molecule has 0 bridgehead atoms. The molecule has 0 saturated heterocycles. The number of nitrogens with one attached hydrogen (secondary N) is 1. The van der Waals surface area contributed by atoms with Crippen LogP contribution in [0.5, 0.6) is 5.75 Å². The number of fused-ring (bicyclic) bond motifs is 1. The Labute approximate surface area is 157 Å². The highest BCUT2D eigenvalue weighted by molar-refractivity contribution is 7.15. The van der Waals surface area contributed by atoms with Crippen molar-refractivity contribution in [2.24, 2.45) is 11.3 Å². The van der Waals surface area contributed by atoms with Crippen LogP contribution in [-0.2, 0) is 17.6 Å². The Balaban J connectivity index is 1.56. The van der Waals surface area contributed by atoms with Gasteiger partial charge in [0.1, 0.15) is 5.75 Å². The van der Waals surface area contributed by atoms with E-state index < -0.39 is 0 Å². The van der Waals surface area contributed by atoms with Crippen LogP contribution < -0.4 is 10.1 Å². The predicted octanol–water partition coefficient (Wildman–Crippen LogP) is 4.97. The molecular weight excluding hydrogens is 356 g/mol. The summed E-state index contributed by atoms with van der Waals surface area (Å²) >= 11 is 7.42. The molecule has 2 aromatic rings. The van der Waals surface area contributed by atoms with Crippen LogP contribution in [0.25, 0.3) is 0 Å². The van der Waals surface area contributed by atoms with E-state index in [9.17, 15) is 4.79 Å². The standard InChI is InChI=1S/C19H23ClN2O2S/c1-19(2,3)12-4-9-15-16(10-12)25-18(21-15)22-17(23)11-24-14-7-5-13(20)6-8-14/h5-8,12H,4,9-11H2,1-3H3,(H,21,22,23). The summed E-state index contributed by atoms with van der Waals surface area (Å²) in [5.74, 6) is 1.08. The van der Waals surface area contributed by atoms with Gasteiger partial charge in [0.05, 0.1) is 5.69 Å². The van der Waals surface area contributed by atoms with Crippen molar-refractivity contribution in [3.63, 3.8) is 0 Å². The topological polar surface area (TPSA) is 51.2 Å². The van der Waals surface area contributed by atoms with E-state index in [0.29, 0.717) is 27.2 Å². The van der Waals surface area contributed by atoms with Crippen LogP contribution in [0.15, 0.2) is 24.3 Å². The van der Waals surface area contributed by atoms with E-state index in [1.54, 1.807) is 35.6 Å². The van der Waals surface area contributed by atoms with Crippen LogP contribution in [0.1, 0.15) is 37.8 Å². The number of hydrogen-bond donors (Lipinski definition) is 1. The lowest BCUT2D eigenvalue weighted by Gasteiger charge is -2.33. The van der Waals surface area contributed by atoms with E-state index in [1.807, 2.05) is 0 Å². The van der Waals surface area contributed by atoms with Crippen LogP contribution in [0, 0.1) is 11.3 Å². The molecule has 1 aliphatic rings. The highest BCUT2D eigenvalue weighted by Gasteiger charge is 2.30. The van der Waals surface area contributed by atoms with Gasteiger partial charge in [-0.1, -0.05) is 32.4 Å². The number of carbonyl (C=O) groups is 1. The third-order valence-corrected chi connectivity index (χ3v) is 5.88. The Hall–Kier alpha value is -1.59. The van der Waals surface area contributed by atoms with Crippen molar-refractivity contribution in [3.8, 4) is 5.75 Å². The number of aryl methyl sites for hydroxylation is 1. The zero-order valence-corrected chi connectivity index (χ0v) is 16.3. The molecule has 1 amide bonds. The van der Waals surface area contributed by atoms with Gasteiger partial charge in [-0.15, -0.1) is 11.3 Å². The van der Waals surface area contributed by atoms with E-state index in [2.05, 4.69) is 31.1 Å². The number of hydrogen-bond acceptors (Lipinski definition) is 4. The molecule has 4 nitrogen and oxygen atoms in total. The minimum absolute atomic E-state index is 0.0451. The lowest BCUT2D eigenvalue weighted by Crippen LogP contribution is -2.26. The molecule has 1 heterocycles. The summed E-state index contributed by atoms with van der Waals surface area (Å²) in [7, 11) is 0. The van der Waals surface area contributed by atoms with Gasteiger partial charge in [-0.3, -0.25) is 10.1 Å². The Kier molecular flexibility index (Phi) is 5.35. The SMILES string of the molecule is CC(C)(C)C1CCc2nc(NC(=O)COc3ccc(Cl)cc3)sc2C1. The van der Waals surface area contributed by atoms with Crippen molar-refractivity contribution < 1.29 is 9.53 Å². The number of benzene rings is 1. The maximum atomic E-state index is 12.1. The second kappa shape index (κ2) is 7.34. The molecule has 0 fully saturated rings. The van der Waals surface area contributed by atoms with Crippen molar-refractivity contribution in [2.75, 3.05) is 11.9 Å². The average molecular weight is 379 g/mol. The number of anilines is 1. The highest BCUT2D eigenvalue weighted by Crippen LogP contribution is 2.40. The first-order valence-electron chi connectivity index (χ1n) is 8.48. The van der Waals surface area contributed by atoms with Crippen molar-refractivity contribution in [1.82, 2.24) is 4.98 Å². The first-order chi connectivity index (χ1) is 11.8. The molecule has 1 aromatic heterocycles. The van der Waals surface area contributed by atoms with Gasteiger partial charge < -0.3 is 4.74 Å². The van der Waals surface area contributed by atoms with E-state index in [0.717, 1.165) is 25.0 Å². The zero-order valence-electron chi connectivity index (χ0n) is 14.8. The van der Waals surface area contributed by atoms with Crippen molar-refractivity contribution in [3.05, 3.63) is 39.9 Å². The number of aromatic nitrogens is 1. The van der Waals surface area contributed by atoms with Crippen molar-refractivity contribution in [1.29, 1.82) is 0 Å². The summed E-state index contributed by atoms with van der Waals surface area (Å²) in [6, 6.07) is 6.94. The van der Waals surface area contributed by atoms with Gasteiger partial charge in [0.25, 0.3) is 5.91 Å². The molecule has 1 unspecified atom stereocenters. The van der Waals surface area contributed by atoms with E-state index in [4.69, 9.17) is 16.3 Å². The van der Waals surface area contributed by atoms with E-state index in [-0.39, 0.29) is 12.5 Å². The first kappa shape index (κ1) is 18.2. The van der Waals surface area contributed by atoms with Gasteiger partial charge in [0.2, 0.25) is 0 Å². The molecular formula is C19H23ClN2O2S. The smallest absolute Gasteiger partial charge is 0.264 e. The number of ether oxygens (including phenoxy) is 1. The Morgan fingerprint density at radius 1 is 1.36 bits per heavy atom. The maximum absolute atomic E-state index is 12.1. The normalized spacial score (nSPS) is 17.0. The first-order valence-corrected chi connectivity index (χ1v) is 9.67. The second-order valence-corrected chi connectivity index (χ2v) is 9.01. The van der Waals surface area contributed by atoms with E-state index >= 15 is 0 Å². The van der Waals surface area contributed by atoms with E-state index in [1.165, 1.54) is 4.88 Å². The predicted molar refractivity (Wildman–Crippen MR) is 103 cm³/mol. The summed E-state index contributed by atoms with van der Waals surface area (Å²) < 4.78 is 5.46. The van der Waals surface area contributed by atoms with Gasteiger partial charge in [-0.05, 0) is 54.9 Å². The molecule has 0 radical (unpaired) electrons. The minimum atomic E-state index is -0.201. The molecule has 0 aliphatic heterocycles. The van der Waals surface area contributed by atoms with Gasteiger partial charge >= 0.3 is 0 Å². The monoisotopic (exact) mass is 378 g/mol. The Bertz CT molecular complexity index is 750. The molecule has 6 heteroatoms. The number of carbonyl (C=O) groups excluding carboxylic acids is 1. The number of nitrogens with zero attached hydrogens (tertiary/aromatic N) is 1. The van der Waals surface area contributed by atoms with Crippen LogP contribution in [-0.4, -0.2) is 17.5 Å². The van der Waals surface area contributed by atoms with Crippen LogP contribution in [0.4, 0.5) is 5.13 Å². The Morgan fingerprint density at radius 2 is 2.08 bits per heavy atom. The van der Waals surface area contributed by atoms with Gasteiger partial charge in [-0.25, -0.2) is 4.98 Å².